The van der Waals surface area contributed by atoms with Crippen LogP contribution in [0.25, 0.3) is 0 Å². The number of likely N-dealkylation sites (N-methyl/N-ethyl adjacent to an activating group) is 1. The SMILES string of the molecule is CN(C)C(=O)Oc1cccc(NC(=O)C[N+](C)(C)C)c1.[I-]. The van der Waals surface area contributed by atoms with E-state index in [1.807, 2.05) is 21.1 Å². The van der Waals surface area contributed by atoms with Crippen LogP contribution in [0.2, 0.25) is 0 Å². The third-order valence-corrected chi connectivity index (χ3v) is 2.31. The predicted molar refractivity (Wildman–Crippen MR) is 77.7 cm³/mol. The number of nitrogens with zero attached hydrogens (tertiary/aromatic N) is 2. The third kappa shape index (κ3) is 7.86. The van der Waals surface area contributed by atoms with Gasteiger partial charge in [-0.1, -0.05) is 6.07 Å². The lowest BCUT2D eigenvalue weighted by atomic mass is 10.3. The van der Waals surface area contributed by atoms with Gasteiger partial charge < -0.3 is 43.4 Å². The molecular weight excluding hydrogens is 385 g/mol. The summed E-state index contributed by atoms with van der Waals surface area (Å²) in [6.45, 7) is 0.363. The number of quaternary nitrogens is 1. The molecule has 0 saturated heterocycles. The minimum atomic E-state index is -0.458. The molecule has 0 aromatic heterocycles. The highest BCUT2D eigenvalue weighted by Crippen LogP contribution is 2.18. The van der Waals surface area contributed by atoms with Crippen LogP contribution in [0.3, 0.4) is 0 Å². The Morgan fingerprint density at radius 1 is 1.24 bits per heavy atom. The van der Waals surface area contributed by atoms with Crippen LogP contribution in [0.15, 0.2) is 24.3 Å². The zero-order valence-electron chi connectivity index (χ0n) is 13.0. The highest BCUT2D eigenvalue weighted by atomic mass is 127. The molecule has 6 nitrogen and oxygen atoms in total. The molecule has 0 atom stereocenters. The summed E-state index contributed by atoms with van der Waals surface area (Å²) in [5, 5.41) is 2.78. The highest BCUT2D eigenvalue weighted by molar-refractivity contribution is 5.91. The predicted octanol–water partition coefficient (Wildman–Crippen LogP) is -1.60. The first-order valence-electron chi connectivity index (χ1n) is 6.27. The van der Waals surface area contributed by atoms with E-state index in [9.17, 15) is 9.59 Å². The van der Waals surface area contributed by atoms with E-state index in [1.54, 1.807) is 38.4 Å². The van der Waals surface area contributed by atoms with Crippen molar-refractivity contribution in [3.8, 4) is 5.75 Å². The van der Waals surface area contributed by atoms with Crippen LogP contribution in [0.1, 0.15) is 0 Å². The number of nitrogens with one attached hydrogen (secondary N) is 1. The van der Waals surface area contributed by atoms with Crippen LogP contribution in [0, 0.1) is 0 Å². The van der Waals surface area contributed by atoms with Gasteiger partial charge in [0.15, 0.2) is 6.54 Å². The van der Waals surface area contributed by atoms with Crippen LogP contribution in [-0.2, 0) is 4.79 Å². The fourth-order valence-corrected chi connectivity index (χ4v) is 1.46. The Morgan fingerprint density at radius 2 is 1.86 bits per heavy atom. The summed E-state index contributed by atoms with van der Waals surface area (Å²) in [5.74, 6) is 0.306. The number of anilines is 1. The number of amides is 2. The summed E-state index contributed by atoms with van der Waals surface area (Å²) in [5.41, 5.74) is 0.604. The Morgan fingerprint density at radius 3 is 2.38 bits per heavy atom. The third-order valence-electron chi connectivity index (χ3n) is 2.31. The zero-order chi connectivity index (χ0) is 15.3. The second-order valence-corrected chi connectivity index (χ2v) is 5.79. The van der Waals surface area contributed by atoms with Crippen molar-refractivity contribution in [3.63, 3.8) is 0 Å². The second-order valence-electron chi connectivity index (χ2n) is 5.79. The van der Waals surface area contributed by atoms with Crippen molar-refractivity contribution in [3.05, 3.63) is 24.3 Å². The fourth-order valence-electron chi connectivity index (χ4n) is 1.46. The van der Waals surface area contributed by atoms with Crippen LogP contribution in [-0.4, -0.2) is 63.2 Å². The number of hydrogen-bond donors (Lipinski definition) is 1. The van der Waals surface area contributed by atoms with Crippen molar-refractivity contribution in [1.82, 2.24) is 4.90 Å². The summed E-state index contributed by atoms with van der Waals surface area (Å²) >= 11 is 0. The van der Waals surface area contributed by atoms with Crippen molar-refractivity contribution >= 4 is 17.7 Å². The molecule has 1 aromatic carbocycles. The molecule has 2 amide bonds. The molecule has 1 N–H and O–H groups in total. The number of ether oxygens (including phenoxy) is 1. The number of halogens is 1. The molecule has 0 unspecified atom stereocenters. The molecule has 0 aliphatic heterocycles. The summed E-state index contributed by atoms with van der Waals surface area (Å²) in [6.07, 6.45) is -0.458. The van der Waals surface area contributed by atoms with Crippen molar-refractivity contribution in [2.45, 2.75) is 0 Å². The molecule has 0 radical (unpaired) electrons. The maximum absolute atomic E-state index is 11.8. The van der Waals surface area contributed by atoms with Gasteiger partial charge in [-0.3, -0.25) is 4.79 Å². The van der Waals surface area contributed by atoms with Gasteiger partial charge in [-0.2, -0.15) is 0 Å². The minimum Gasteiger partial charge on any atom is -1.00 e. The maximum Gasteiger partial charge on any atom is 0.414 e. The van der Waals surface area contributed by atoms with E-state index in [0.717, 1.165) is 0 Å². The molecule has 118 valence electrons. The van der Waals surface area contributed by atoms with E-state index >= 15 is 0 Å². The maximum atomic E-state index is 11.8. The van der Waals surface area contributed by atoms with Crippen LogP contribution in [0.5, 0.6) is 5.75 Å². The van der Waals surface area contributed by atoms with E-state index in [-0.39, 0.29) is 29.9 Å². The van der Waals surface area contributed by atoms with Gasteiger partial charge in [0.2, 0.25) is 0 Å². The van der Waals surface area contributed by atoms with E-state index in [2.05, 4.69) is 5.32 Å². The largest absolute Gasteiger partial charge is 1.00 e. The first kappa shape index (κ1) is 19.7. The fraction of sp³-hybridized carbons (Fsp3) is 0.429. The normalized spacial score (nSPS) is 10.3. The molecule has 1 rings (SSSR count). The molecule has 7 heteroatoms. The molecule has 0 bridgehead atoms. The molecule has 21 heavy (non-hydrogen) atoms. The summed E-state index contributed by atoms with van der Waals surface area (Å²) in [7, 11) is 9.03. The Bertz CT molecular complexity index is 498. The van der Waals surface area contributed by atoms with Gasteiger partial charge in [0, 0.05) is 25.8 Å². The van der Waals surface area contributed by atoms with Gasteiger partial charge in [0.05, 0.1) is 21.1 Å². The van der Waals surface area contributed by atoms with E-state index in [1.165, 1.54) is 4.90 Å². The smallest absolute Gasteiger partial charge is 0.414 e. The van der Waals surface area contributed by atoms with E-state index in [4.69, 9.17) is 4.74 Å². The van der Waals surface area contributed by atoms with Crippen molar-refractivity contribution < 1.29 is 42.8 Å². The molecule has 0 spiro atoms. The van der Waals surface area contributed by atoms with Crippen LogP contribution in [0.4, 0.5) is 10.5 Å². The minimum absolute atomic E-state index is 0. The lowest BCUT2D eigenvalue weighted by molar-refractivity contribution is -0.861. The van der Waals surface area contributed by atoms with Crippen molar-refractivity contribution in [2.24, 2.45) is 0 Å². The molecule has 0 fully saturated rings. The summed E-state index contributed by atoms with van der Waals surface area (Å²) in [6, 6.07) is 6.76. The monoisotopic (exact) mass is 407 g/mol. The lowest BCUT2D eigenvalue weighted by Crippen LogP contribution is -3.00. The van der Waals surface area contributed by atoms with Gasteiger partial charge in [0.25, 0.3) is 5.91 Å². The number of carbonyl (C=O) groups excluding carboxylic acids is 2. The van der Waals surface area contributed by atoms with Gasteiger partial charge in [0.1, 0.15) is 5.75 Å². The van der Waals surface area contributed by atoms with Crippen LogP contribution >= 0.6 is 0 Å². The molecular formula is C14H22IN3O3. The number of rotatable bonds is 4. The van der Waals surface area contributed by atoms with Gasteiger partial charge in [-0.25, -0.2) is 4.79 Å². The van der Waals surface area contributed by atoms with Crippen molar-refractivity contribution in [2.75, 3.05) is 47.1 Å². The summed E-state index contributed by atoms with van der Waals surface area (Å²) in [4.78, 5) is 24.6. The van der Waals surface area contributed by atoms with Gasteiger partial charge in [-0.15, -0.1) is 0 Å². The quantitative estimate of drug-likeness (QED) is 0.483. The Kier molecular flexibility index (Phi) is 7.65. The molecule has 0 heterocycles. The topological polar surface area (TPSA) is 58.6 Å². The number of benzene rings is 1. The number of carbonyl (C=O) groups is 2. The first-order chi connectivity index (χ1) is 9.17. The van der Waals surface area contributed by atoms with Crippen LogP contribution < -0.4 is 34.0 Å². The average molecular weight is 407 g/mol. The second kappa shape index (κ2) is 8.18. The van der Waals surface area contributed by atoms with E-state index < -0.39 is 6.09 Å². The number of hydrogen-bond acceptors (Lipinski definition) is 3. The Balaban J connectivity index is 0.00000400. The Hall–Kier alpha value is -1.35. The average Bonchev–Trinajstić information content (AvgIpc) is 2.26. The zero-order valence-corrected chi connectivity index (χ0v) is 15.2. The summed E-state index contributed by atoms with van der Waals surface area (Å²) < 4.78 is 5.67. The van der Waals surface area contributed by atoms with Gasteiger partial charge >= 0.3 is 6.09 Å². The molecule has 1 aromatic rings. The lowest BCUT2D eigenvalue weighted by Gasteiger charge is -2.22. The van der Waals surface area contributed by atoms with Gasteiger partial charge in [-0.05, 0) is 12.1 Å². The molecule has 0 aliphatic carbocycles. The Labute approximate surface area is 142 Å². The standard InChI is InChI=1S/C14H21N3O3.HI/c1-16(2)14(19)20-12-8-6-7-11(9-12)15-13(18)10-17(3,4)5;/h6-9H,10H2,1-5H3;1H. The van der Waals surface area contributed by atoms with Crippen molar-refractivity contribution in [1.29, 1.82) is 0 Å². The first-order valence-corrected chi connectivity index (χ1v) is 6.27. The van der Waals surface area contributed by atoms with E-state index in [0.29, 0.717) is 22.5 Å². The molecule has 0 aliphatic rings. The molecule has 0 saturated carbocycles. The highest BCUT2D eigenvalue weighted by Gasteiger charge is 2.14.